The summed E-state index contributed by atoms with van der Waals surface area (Å²) in [7, 11) is 8.00. The number of hydrogen-bond donors (Lipinski definition) is 1. The summed E-state index contributed by atoms with van der Waals surface area (Å²) in [6.07, 6.45) is -1.47. The second-order valence-electron chi connectivity index (χ2n) is 10.0. The summed E-state index contributed by atoms with van der Waals surface area (Å²) in [6.45, 7) is 1.54. The Labute approximate surface area is 232 Å². The molecule has 0 bridgehead atoms. The summed E-state index contributed by atoms with van der Waals surface area (Å²) in [5, 5.41) is 4.14. The average Bonchev–Trinajstić information content (AvgIpc) is 2.84. The van der Waals surface area contributed by atoms with Gasteiger partial charge in [-0.05, 0) is 90.7 Å². The second-order valence-corrected chi connectivity index (χ2v) is 10.8. The minimum Gasteiger partial charge on any atom is -0.447 e. The van der Waals surface area contributed by atoms with Crippen LogP contribution < -0.4 is 5.73 Å². The Morgan fingerprint density at radius 3 is 1.87 bits per heavy atom. The van der Waals surface area contributed by atoms with Crippen LogP contribution in [-0.2, 0) is 33.8 Å². The number of carbonyl (C=O) groups excluding carboxylic acids is 2. The van der Waals surface area contributed by atoms with E-state index in [4.69, 9.17) is 33.7 Å². The van der Waals surface area contributed by atoms with Crippen molar-refractivity contribution in [2.24, 2.45) is 5.73 Å². The SMILES string of the molecule is CN(C)Cc1ccc2c(CC(=O)OC(C(N)=O)c3c(Cl)ccc4cc(CN(C)C)ccc34)c(Cl)ccc2c1. The summed E-state index contributed by atoms with van der Waals surface area (Å²) in [6, 6.07) is 19.2. The Kier molecular flexibility index (Phi) is 8.58. The maximum Gasteiger partial charge on any atom is 0.311 e. The molecule has 198 valence electrons. The molecule has 4 aromatic rings. The third-order valence-electron chi connectivity index (χ3n) is 6.30. The molecule has 0 radical (unpaired) electrons. The molecule has 6 nitrogen and oxygen atoms in total. The number of nitrogens with two attached hydrogens (primary N) is 1. The Morgan fingerprint density at radius 2 is 1.32 bits per heavy atom. The van der Waals surface area contributed by atoms with Gasteiger partial charge in [-0.1, -0.05) is 59.6 Å². The number of benzene rings is 4. The van der Waals surface area contributed by atoms with E-state index < -0.39 is 18.0 Å². The van der Waals surface area contributed by atoms with Crippen molar-refractivity contribution in [2.75, 3.05) is 28.2 Å². The Morgan fingerprint density at radius 1 is 0.789 bits per heavy atom. The van der Waals surface area contributed by atoms with E-state index in [0.717, 1.165) is 40.4 Å². The van der Waals surface area contributed by atoms with Crippen LogP contribution in [-0.4, -0.2) is 49.9 Å². The summed E-state index contributed by atoms with van der Waals surface area (Å²) in [5.41, 5.74) is 8.98. The van der Waals surface area contributed by atoms with E-state index in [1.54, 1.807) is 12.1 Å². The fourth-order valence-corrected chi connectivity index (χ4v) is 5.24. The Bertz CT molecular complexity index is 1520. The quantitative estimate of drug-likeness (QED) is 0.268. The standard InChI is InChI=1S/C30H31Cl2N3O3/c1-34(2)16-18-5-9-22-20(13-18)7-11-25(31)24(22)15-27(36)38-29(30(33)37)28-23-10-6-19(17-35(3)4)14-21(23)8-12-26(28)32/h5-14,29H,15-17H2,1-4H3,(H2,33,37). The third kappa shape index (κ3) is 6.27. The highest BCUT2D eigenvalue weighted by molar-refractivity contribution is 6.33. The molecule has 0 saturated carbocycles. The molecular formula is C30H31Cl2N3O3. The van der Waals surface area contributed by atoms with Gasteiger partial charge >= 0.3 is 5.97 Å². The molecule has 0 aliphatic heterocycles. The van der Waals surface area contributed by atoms with Crippen molar-refractivity contribution < 1.29 is 14.3 Å². The lowest BCUT2D eigenvalue weighted by Crippen LogP contribution is -2.27. The van der Waals surface area contributed by atoms with Crippen molar-refractivity contribution in [1.82, 2.24) is 9.80 Å². The van der Waals surface area contributed by atoms with Gasteiger partial charge in [0, 0.05) is 28.7 Å². The average molecular weight is 553 g/mol. The van der Waals surface area contributed by atoms with Gasteiger partial charge in [-0.15, -0.1) is 0 Å². The van der Waals surface area contributed by atoms with Crippen LogP contribution >= 0.6 is 23.2 Å². The first kappa shape index (κ1) is 27.9. The molecule has 0 spiro atoms. The maximum atomic E-state index is 13.2. The molecular weight excluding hydrogens is 521 g/mol. The van der Waals surface area contributed by atoms with E-state index in [1.165, 1.54) is 0 Å². The molecule has 1 amide bonds. The van der Waals surface area contributed by atoms with Gasteiger partial charge < -0.3 is 20.3 Å². The molecule has 0 aliphatic carbocycles. The zero-order chi connectivity index (χ0) is 27.6. The molecule has 4 aromatic carbocycles. The molecule has 8 heteroatoms. The van der Waals surface area contributed by atoms with Crippen molar-refractivity contribution in [3.8, 4) is 0 Å². The molecule has 1 unspecified atom stereocenters. The van der Waals surface area contributed by atoms with Crippen molar-refractivity contribution in [3.63, 3.8) is 0 Å². The largest absolute Gasteiger partial charge is 0.447 e. The highest BCUT2D eigenvalue weighted by Crippen LogP contribution is 2.35. The predicted molar refractivity (Wildman–Crippen MR) is 154 cm³/mol. The topological polar surface area (TPSA) is 75.9 Å². The minimum atomic E-state index is -1.35. The number of primary amides is 1. The highest BCUT2D eigenvalue weighted by atomic mass is 35.5. The number of rotatable bonds is 9. The van der Waals surface area contributed by atoms with E-state index in [1.807, 2.05) is 70.7 Å². The van der Waals surface area contributed by atoms with E-state index >= 15 is 0 Å². The molecule has 0 aromatic heterocycles. The van der Waals surface area contributed by atoms with Gasteiger partial charge in [0.05, 0.1) is 6.42 Å². The predicted octanol–water partition coefficient (Wildman–Crippen LogP) is 5.74. The lowest BCUT2D eigenvalue weighted by molar-refractivity contribution is -0.154. The van der Waals surface area contributed by atoms with Crippen LogP contribution in [0.3, 0.4) is 0 Å². The van der Waals surface area contributed by atoms with Crippen molar-refractivity contribution in [3.05, 3.63) is 93.0 Å². The van der Waals surface area contributed by atoms with E-state index in [0.29, 0.717) is 26.6 Å². The lowest BCUT2D eigenvalue weighted by Gasteiger charge is -2.20. The number of amides is 1. The molecule has 1 atom stereocenters. The van der Waals surface area contributed by atoms with Gasteiger partial charge in [0.25, 0.3) is 5.91 Å². The number of halogens is 2. The normalized spacial score (nSPS) is 12.4. The third-order valence-corrected chi connectivity index (χ3v) is 6.98. The number of esters is 1. The zero-order valence-corrected chi connectivity index (χ0v) is 23.4. The fraction of sp³-hybridized carbons (Fsp3) is 0.267. The Balaban J connectivity index is 1.65. The molecule has 38 heavy (non-hydrogen) atoms. The number of fused-ring (bicyclic) bond motifs is 2. The van der Waals surface area contributed by atoms with E-state index in [2.05, 4.69) is 15.9 Å². The molecule has 4 rings (SSSR count). The smallest absolute Gasteiger partial charge is 0.311 e. The van der Waals surface area contributed by atoms with Gasteiger partial charge in [0.2, 0.25) is 6.10 Å². The number of nitrogens with zero attached hydrogens (tertiary/aromatic N) is 2. The number of hydrogen-bond acceptors (Lipinski definition) is 5. The highest BCUT2D eigenvalue weighted by Gasteiger charge is 2.28. The van der Waals surface area contributed by atoms with Crippen molar-refractivity contribution in [2.45, 2.75) is 25.6 Å². The first-order valence-corrected chi connectivity index (χ1v) is 13.0. The summed E-state index contributed by atoms with van der Waals surface area (Å²) in [4.78, 5) is 29.9. The maximum absolute atomic E-state index is 13.2. The minimum absolute atomic E-state index is 0.123. The summed E-state index contributed by atoms with van der Waals surface area (Å²) < 4.78 is 5.69. The van der Waals surface area contributed by atoms with Crippen LogP contribution in [0.1, 0.15) is 28.4 Å². The van der Waals surface area contributed by atoms with Crippen LogP contribution in [0.15, 0.2) is 60.7 Å². The molecule has 0 fully saturated rings. The van der Waals surface area contributed by atoms with Crippen LogP contribution in [0, 0.1) is 0 Å². The van der Waals surface area contributed by atoms with Crippen molar-refractivity contribution >= 4 is 56.6 Å². The van der Waals surface area contributed by atoms with Gasteiger partial charge in [-0.2, -0.15) is 0 Å². The first-order chi connectivity index (χ1) is 18.0. The molecule has 0 aliphatic rings. The fourth-order valence-electron chi connectivity index (χ4n) is 4.74. The number of carbonyl (C=O) groups is 2. The molecule has 2 N–H and O–H groups in total. The first-order valence-electron chi connectivity index (χ1n) is 12.2. The zero-order valence-electron chi connectivity index (χ0n) is 21.9. The lowest BCUT2D eigenvalue weighted by atomic mass is 9.97. The van der Waals surface area contributed by atoms with E-state index in [-0.39, 0.29) is 6.42 Å². The van der Waals surface area contributed by atoms with Gasteiger partial charge in [0.1, 0.15) is 0 Å². The van der Waals surface area contributed by atoms with Crippen LogP contribution in [0.2, 0.25) is 10.0 Å². The van der Waals surface area contributed by atoms with Crippen LogP contribution in [0.4, 0.5) is 0 Å². The summed E-state index contributed by atoms with van der Waals surface area (Å²) >= 11 is 13.0. The van der Waals surface area contributed by atoms with Gasteiger partial charge in [-0.25, -0.2) is 0 Å². The van der Waals surface area contributed by atoms with Crippen LogP contribution in [0.25, 0.3) is 21.5 Å². The van der Waals surface area contributed by atoms with E-state index in [9.17, 15) is 9.59 Å². The Hall–Kier alpha value is -3.16. The summed E-state index contributed by atoms with van der Waals surface area (Å²) in [5.74, 6) is -1.43. The van der Waals surface area contributed by atoms with Crippen molar-refractivity contribution in [1.29, 1.82) is 0 Å². The van der Waals surface area contributed by atoms with Gasteiger partial charge in [-0.3, -0.25) is 9.59 Å². The van der Waals surface area contributed by atoms with Gasteiger partial charge in [0.15, 0.2) is 0 Å². The number of ether oxygens (including phenoxy) is 1. The second kappa shape index (κ2) is 11.7. The molecule has 0 saturated heterocycles. The molecule has 0 heterocycles. The monoisotopic (exact) mass is 551 g/mol. The van der Waals surface area contributed by atoms with Crippen LogP contribution in [0.5, 0.6) is 0 Å².